The summed E-state index contributed by atoms with van der Waals surface area (Å²) >= 11 is 0. The van der Waals surface area contributed by atoms with Crippen molar-refractivity contribution in [1.29, 1.82) is 0 Å². The van der Waals surface area contributed by atoms with Gasteiger partial charge in [-0.15, -0.1) is 0 Å². The van der Waals surface area contributed by atoms with Crippen molar-refractivity contribution in [3.8, 4) is 5.75 Å². The van der Waals surface area contributed by atoms with Gasteiger partial charge in [-0.25, -0.2) is 4.79 Å². The molecule has 34 heavy (non-hydrogen) atoms. The normalized spacial score (nSPS) is 15.7. The van der Waals surface area contributed by atoms with Crippen LogP contribution in [0.25, 0.3) is 0 Å². The third-order valence-corrected chi connectivity index (χ3v) is 6.30. The van der Waals surface area contributed by atoms with Crippen molar-refractivity contribution in [2.75, 3.05) is 38.3 Å². The predicted octanol–water partition coefficient (Wildman–Crippen LogP) is 4.52. The van der Waals surface area contributed by atoms with Gasteiger partial charge in [-0.2, -0.15) is 0 Å². The van der Waals surface area contributed by atoms with Crippen molar-refractivity contribution >= 4 is 17.7 Å². The first kappa shape index (κ1) is 24.1. The van der Waals surface area contributed by atoms with Crippen molar-refractivity contribution in [2.24, 2.45) is 0 Å². The van der Waals surface area contributed by atoms with E-state index in [0.717, 1.165) is 34.5 Å². The topological polar surface area (TPSA) is 68.3 Å². The zero-order chi connectivity index (χ0) is 24.5. The fourth-order valence-electron chi connectivity index (χ4n) is 4.74. The summed E-state index contributed by atoms with van der Waals surface area (Å²) in [5.41, 5.74) is 5.18. The van der Waals surface area contributed by atoms with Crippen LogP contribution >= 0.6 is 0 Å². The molecule has 182 valence electrons. The Kier molecular flexibility index (Phi) is 6.84. The second-order valence-electron chi connectivity index (χ2n) is 9.85. The van der Waals surface area contributed by atoms with Gasteiger partial charge < -0.3 is 24.0 Å². The number of methoxy groups -OCH3 is 1. The number of benzene rings is 2. The second-order valence-corrected chi connectivity index (χ2v) is 9.85. The van der Waals surface area contributed by atoms with E-state index in [-0.39, 0.29) is 12.0 Å². The van der Waals surface area contributed by atoms with E-state index in [0.29, 0.717) is 44.8 Å². The summed E-state index contributed by atoms with van der Waals surface area (Å²) in [4.78, 5) is 29.9. The first-order valence-corrected chi connectivity index (χ1v) is 11.8. The van der Waals surface area contributed by atoms with Gasteiger partial charge in [0, 0.05) is 25.8 Å². The molecule has 2 amide bonds. The lowest BCUT2D eigenvalue weighted by Crippen LogP contribution is -2.39. The van der Waals surface area contributed by atoms with Gasteiger partial charge in [0.05, 0.1) is 18.8 Å². The average molecular weight is 467 g/mol. The molecule has 2 aliphatic heterocycles. The highest BCUT2D eigenvalue weighted by molar-refractivity contribution is 6.08. The van der Waals surface area contributed by atoms with E-state index in [9.17, 15) is 9.59 Å². The molecule has 0 saturated carbocycles. The van der Waals surface area contributed by atoms with Crippen LogP contribution in [0.2, 0.25) is 0 Å². The molecule has 7 heteroatoms. The van der Waals surface area contributed by atoms with Crippen LogP contribution in [-0.4, -0.2) is 55.9 Å². The van der Waals surface area contributed by atoms with Crippen molar-refractivity contribution in [1.82, 2.24) is 4.90 Å². The summed E-state index contributed by atoms with van der Waals surface area (Å²) in [6.45, 7) is 10.2. The molecule has 2 heterocycles. The van der Waals surface area contributed by atoms with Gasteiger partial charge in [0.25, 0.3) is 5.91 Å². The van der Waals surface area contributed by atoms with E-state index in [4.69, 9.17) is 14.2 Å². The maximum absolute atomic E-state index is 13.7. The fourth-order valence-corrected chi connectivity index (χ4v) is 4.74. The van der Waals surface area contributed by atoms with Crippen LogP contribution in [0.4, 0.5) is 10.5 Å². The van der Waals surface area contributed by atoms with Gasteiger partial charge in [-0.05, 0) is 74.9 Å². The Morgan fingerprint density at radius 3 is 2.56 bits per heavy atom. The molecular formula is C27H34N2O5. The first-order valence-electron chi connectivity index (χ1n) is 11.8. The highest BCUT2D eigenvalue weighted by Gasteiger charge is 2.32. The molecule has 0 fully saturated rings. The largest absolute Gasteiger partial charge is 0.490 e. The minimum Gasteiger partial charge on any atom is -0.490 e. The first-order chi connectivity index (χ1) is 16.2. The van der Waals surface area contributed by atoms with Crippen molar-refractivity contribution in [3.05, 3.63) is 58.1 Å². The Labute approximate surface area is 201 Å². The molecule has 0 radical (unpaired) electrons. The van der Waals surface area contributed by atoms with Gasteiger partial charge >= 0.3 is 6.09 Å². The maximum Gasteiger partial charge on any atom is 0.410 e. The van der Waals surface area contributed by atoms with E-state index in [1.807, 2.05) is 49.9 Å². The number of anilines is 1. The van der Waals surface area contributed by atoms with Crippen LogP contribution in [0.15, 0.2) is 30.3 Å². The van der Waals surface area contributed by atoms with E-state index in [1.54, 1.807) is 12.0 Å². The van der Waals surface area contributed by atoms with E-state index >= 15 is 0 Å². The Hall–Kier alpha value is -3.06. The van der Waals surface area contributed by atoms with Crippen LogP contribution in [0.1, 0.15) is 53.4 Å². The van der Waals surface area contributed by atoms with Gasteiger partial charge in [0.15, 0.2) is 0 Å². The summed E-state index contributed by atoms with van der Waals surface area (Å²) in [5, 5.41) is 0. The molecule has 0 spiro atoms. The van der Waals surface area contributed by atoms with Gasteiger partial charge in [0.2, 0.25) is 0 Å². The Morgan fingerprint density at radius 1 is 1.09 bits per heavy atom. The summed E-state index contributed by atoms with van der Waals surface area (Å²) in [7, 11) is 1.63. The highest BCUT2D eigenvalue weighted by Crippen LogP contribution is 2.40. The third kappa shape index (κ3) is 4.89. The second kappa shape index (κ2) is 9.66. The summed E-state index contributed by atoms with van der Waals surface area (Å²) < 4.78 is 16.9. The molecule has 4 rings (SSSR count). The zero-order valence-corrected chi connectivity index (χ0v) is 20.8. The molecular weight excluding hydrogens is 432 g/mol. The Balaban J connectivity index is 1.65. The summed E-state index contributed by atoms with van der Waals surface area (Å²) in [6, 6.07) is 9.62. The molecule has 0 unspecified atom stereocenters. The standard InChI is InChI=1S/C27H34N2O5/c1-18-21-11-13-28(26(31)34-27(2,3)4)12-10-19(21)16-23-24(18)29(14-15-33-23)25(30)22-9-7-6-8-20(22)17-32-5/h6-9,16H,10-15,17H2,1-5H3. The molecule has 7 nitrogen and oxygen atoms in total. The third-order valence-electron chi connectivity index (χ3n) is 6.30. The van der Waals surface area contributed by atoms with Crippen molar-refractivity contribution in [3.63, 3.8) is 0 Å². The van der Waals surface area contributed by atoms with Crippen LogP contribution in [0.5, 0.6) is 5.75 Å². The lowest BCUT2D eigenvalue weighted by Gasteiger charge is -2.33. The number of hydrogen-bond donors (Lipinski definition) is 0. The van der Waals surface area contributed by atoms with Crippen molar-refractivity contribution < 1.29 is 23.8 Å². The van der Waals surface area contributed by atoms with Crippen LogP contribution in [-0.2, 0) is 28.9 Å². The quantitative estimate of drug-likeness (QED) is 0.666. The number of fused-ring (bicyclic) bond motifs is 2. The number of carbonyl (C=O) groups excluding carboxylic acids is 2. The molecule has 0 aliphatic carbocycles. The van der Waals surface area contributed by atoms with Gasteiger partial charge in [-0.1, -0.05) is 18.2 Å². The lowest BCUT2D eigenvalue weighted by molar-refractivity contribution is 0.0258. The van der Waals surface area contributed by atoms with Gasteiger partial charge in [0.1, 0.15) is 18.0 Å². The minimum atomic E-state index is -0.529. The smallest absolute Gasteiger partial charge is 0.410 e. The van der Waals surface area contributed by atoms with Crippen LogP contribution in [0.3, 0.4) is 0 Å². The molecule has 2 aromatic rings. The lowest BCUT2D eigenvalue weighted by atomic mass is 9.94. The SMILES string of the molecule is COCc1ccccc1C(=O)N1CCOc2cc3c(c(C)c21)CCN(C(=O)OC(C)(C)C)CC3. The summed E-state index contributed by atoms with van der Waals surface area (Å²) in [5.74, 6) is 0.676. The molecule has 2 aliphatic rings. The number of nitrogens with zero attached hydrogens (tertiary/aromatic N) is 2. The molecule has 2 aromatic carbocycles. The van der Waals surface area contributed by atoms with Crippen molar-refractivity contribution in [2.45, 2.75) is 52.7 Å². The molecule has 0 N–H and O–H groups in total. The number of amides is 2. The zero-order valence-electron chi connectivity index (χ0n) is 20.8. The van der Waals surface area contributed by atoms with E-state index in [1.165, 1.54) is 5.56 Å². The van der Waals surface area contributed by atoms with Crippen LogP contribution in [0, 0.1) is 6.92 Å². The number of ether oxygens (including phenoxy) is 3. The molecule has 0 saturated heterocycles. The maximum atomic E-state index is 13.7. The molecule has 0 aromatic heterocycles. The molecule has 0 bridgehead atoms. The van der Waals surface area contributed by atoms with E-state index in [2.05, 4.69) is 13.0 Å². The molecule has 0 atom stereocenters. The fraction of sp³-hybridized carbons (Fsp3) is 0.481. The monoisotopic (exact) mass is 466 g/mol. The highest BCUT2D eigenvalue weighted by atomic mass is 16.6. The summed E-state index contributed by atoms with van der Waals surface area (Å²) in [6.07, 6.45) is 1.14. The average Bonchev–Trinajstić information content (AvgIpc) is 3.01. The number of carbonyl (C=O) groups is 2. The predicted molar refractivity (Wildman–Crippen MR) is 131 cm³/mol. The Morgan fingerprint density at radius 2 is 1.82 bits per heavy atom. The number of rotatable bonds is 3. The van der Waals surface area contributed by atoms with E-state index < -0.39 is 5.60 Å². The van der Waals surface area contributed by atoms with Crippen LogP contribution < -0.4 is 9.64 Å². The van der Waals surface area contributed by atoms with Gasteiger partial charge in [-0.3, -0.25) is 4.79 Å². The Bertz CT molecular complexity index is 1090. The minimum absolute atomic E-state index is 0.0516. The number of hydrogen-bond acceptors (Lipinski definition) is 5.